The number of hydrogen-bond donors (Lipinski definition) is 0. The first-order valence-electron chi connectivity index (χ1n) is 7.27. The van der Waals surface area contributed by atoms with E-state index in [4.69, 9.17) is 14.4 Å². The van der Waals surface area contributed by atoms with Crippen LogP contribution in [0.4, 0.5) is 0 Å². The smallest absolute Gasteiger partial charge is 0.349 e. The summed E-state index contributed by atoms with van der Waals surface area (Å²) in [6.45, 7) is 10.3. The van der Waals surface area contributed by atoms with Crippen molar-refractivity contribution < 1.29 is 13.9 Å². The molecule has 2 rings (SSSR count). The molecule has 0 saturated carbocycles. The minimum atomic E-state index is -1.47. The van der Waals surface area contributed by atoms with Crippen molar-refractivity contribution in [3.63, 3.8) is 0 Å². The molecule has 0 spiro atoms. The van der Waals surface area contributed by atoms with Crippen LogP contribution in [0.15, 0.2) is 33.8 Å². The van der Waals surface area contributed by atoms with Crippen molar-refractivity contribution in [2.45, 2.75) is 45.5 Å². The molecule has 0 N–H and O–H groups in total. The third kappa shape index (κ3) is 3.58. The molecule has 1 aliphatic heterocycles. The van der Waals surface area contributed by atoms with Crippen molar-refractivity contribution in [1.82, 2.24) is 0 Å². The fourth-order valence-corrected chi connectivity index (χ4v) is 3.31. The maximum absolute atomic E-state index is 11.8. The maximum atomic E-state index is 11.8. The number of esters is 1. The average molecular weight is 315 g/mol. The Labute approximate surface area is 132 Å². The van der Waals surface area contributed by atoms with Gasteiger partial charge in [0.05, 0.1) is 5.38 Å². The highest BCUT2D eigenvalue weighted by Gasteiger charge is 2.33. The van der Waals surface area contributed by atoms with Crippen LogP contribution in [-0.2, 0) is 9.53 Å². The van der Waals surface area contributed by atoms with Gasteiger partial charge in [0.1, 0.15) is 31.1 Å². The molecule has 5 heteroatoms. The third-order valence-corrected chi connectivity index (χ3v) is 5.18. The van der Waals surface area contributed by atoms with Crippen molar-refractivity contribution in [2.75, 3.05) is 0 Å². The summed E-state index contributed by atoms with van der Waals surface area (Å²) in [6, 6.07) is 5.86. The molecule has 1 aliphatic rings. The van der Waals surface area contributed by atoms with E-state index in [1.165, 1.54) is 0 Å². The summed E-state index contributed by atoms with van der Waals surface area (Å²) in [7, 11) is -1.47. The minimum absolute atomic E-state index is 0.0764. The second-order valence-electron chi connectivity index (χ2n) is 7.12. The Morgan fingerprint density at radius 3 is 2.50 bits per heavy atom. The van der Waals surface area contributed by atoms with Gasteiger partial charge >= 0.3 is 5.97 Å². The van der Waals surface area contributed by atoms with Crippen LogP contribution in [-0.4, -0.2) is 19.6 Å². The molecule has 2 heterocycles. The van der Waals surface area contributed by atoms with Crippen molar-refractivity contribution in [1.29, 1.82) is 5.26 Å². The molecule has 0 aliphatic carbocycles. The average Bonchev–Trinajstić information content (AvgIpc) is 2.83. The lowest BCUT2D eigenvalue weighted by Crippen LogP contribution is -2.36. The van der Waals surface area contributed by atoms with Gasteiger partial charge in [-0.15, -0.1) is 0 Å². The highest BCUT2D eigenvalue weighted by molar-refractivity contribution is 6.87. The highest BCUT2D eigenvalue weighted by atomic mass is 28.3. The Balaban J connectivity index is 2.30. The highest BCUT2D eigenvalue weighted by Crippen LogP contribution is 2.30. The first kappa shape index (κ1) is 16.3. The van der Waals surface area contributed by atoms with E-state index in [-0.39, 0.29) is 5.57 Å². The van der Waals surface area contributed by atoms with Gasteiger partial charge in [0, 0.05) is 6.42 Å². The molecule has 0 fully saturated rings. The van der Waals surface area contributed by atoms with E-state index in [1.807, 2.05) is 38.1 Å². The Kier molecular flexibility index (Phi) is 4.16. The van der Waals surface area contributed by atoms with Crippen LogP contribution in [0.5, 0.6) is 0 Å². The summed E-state index contributed by atoms with van der Waals surface area (Å²) < 4.78 is 11.1. The van der Waals surface area contributed by atoms with Crippen molar-refractivity contribution in [3.05, 3.63) is 35.1 Å². The lowest BCUT2D eigenvalue weighted by atomic mass is 9.91. The molecule has 0 unspecified atom stereocenters. The summed E-state index contributed by atoms with van der Waals surface area (Å²) in [5, 5.41) is 10.2. The zero-order valence-corrected chi connectivity index (χ0v) is 14.7. The molecule has 0 saturated heterocycles. The van der Waals surface area contributed by atoms with Crippen molar-refractivity contribution >= 4 is 25.5 Å². The third-order valence-electron chi connectivity index (χ3n) is 3.44. The van der Waals surface area contributed by atoms with Gasteiger partial charge in [0.2, 0.25) is 0 Å². The summed E-state index contributed by atoms with van der Waals surface area (Å²) in [4.78, 5) is 11.8. The molecule has 1 aromatic rings. The van der Waals surface area contributed by atoms with Crippen LogP contribution in [0.3, 0.4) is 0 Å². The zero-order chi connectivity index (χ0) is 16.5. The number of nitriles is 1. The molecular weight excluding hydrogens is 294 g/mol. The van der Waals surface area contributed by atoms with E-state index in [0.29, 0.717) is 12.0 Å². The van der Waals surface area contributed by atoms with Gasteiger partial charge in [-0.25, -0.2) is 4.79 Å². The Morgan fingerprint density at radius 1 is 1.27 bits per heavy atom. The molecule has 4 nitrogen and oxygen atoms in total. The van der Waals surface area contributed by atoms with Crippen LogP contribution < -0.4 is 5.38 Å². The molecular formula is C17H21NO3Si. The van der Waals surface area contributed by atoms with Crippen molar-refractivity contribution in [3.8, 4) is 6.07 Å². The Morgan fingerprint density at radius 2 is 1.95 bits per heavy atom. The quantitative estimate of drug-likeness (QED) is 0.633. The Bertz CT molecular complexity index is 696. The second-order valence-corrected chi connectivity index (χ2v) is 12.1. The largest absolute Gasteiger partial charge is 0.467 e. The van der Waals surface area contributed by atoms with E-state index in [9.17, 15) is 4.79 Å². The summed E-state index contributed by atoms with van der Waals surface area (Å²) in [5.41, 5.74) is 0.172. The van der Waals surface area contributed by atoms with Crippen LogP contribution in [0.2, 0.25) is 19.6 Å². The molecule has 22 heavy (non-hydrogen) atoms. The minimum Gasteiger partial charge on any atom is -0.467 e. The first-order chi connectivity index (χ1) is 10.1. The number of carbonyl (C=O) groups excluding carboxylic acids is 1. The van der Waals surface area contributed by atoms with E-state index < -0.39 is 19.6 Å². The van der Waals surface area contributed by atoms with Gasteiger partial charge in [-0.3, -0.25) is 0 Å². The van der Waals surface area contributed by atoms with E-state index in [2.05, 4.69) is 19.6 Å². The van der Waals surface area contributed by atoms with Gasteiger partial charge in [-0.2, -0.15) is 5.26 Å². The molecule has 0 atom stereocenters. The van der Waals surface area contributed by atoms with Gasteiger partial charge in [-0.1, -0.05) is 25.7 Å². The number of hydrogen-bond acceptors (Lipinski definition) is 4. The molecule has 0 aromatic carbocycles. The van der Waals surface area contributed by atoms with Crippen LogP contribution in [0, 0.1) is 11.3 Å². The van der Waals surface area contributed by atoms with Gasteiger partial charge < -0.3 is 9.15 Å². The molecule has 0 radical (unpaired) electrons. The SMILES string of the molecule is CC1(C)CC(/C=C/c2ccc([Si](C)(C)C)o2)=C(C#N)C(=O)O1. The standard InChI is InChI=1S/C17H21NO3Si/c1-17(2)10-12(14(11-18)16(19)21-17)6-7-13-8-9-15(20-13)22(3,4)5/h6-9H,10H2,1-5H3/b7-6+. The Hall–Kier alpha value is -2.06. The van der Waals surface area contributed by atoms with E-state index in [0.717, 1.165) is 11.1 Å². The molecule has 0 amide bonds. The number of nitrogens with zero attached hydrogens (tertiary/aromatic N) is 1. The van der Waals surface area contributed by atoms with Gasteiger partial charge in [0.25, 0.3) is 0 Å². The van der Waals surface area contributed by atoms with E-state index in [1.54, 1.807) is 6.08 Å². The molecule has 0 bridgehead atoms. The monoisotopic (exact) mass is 315 g/mol. The number of cyclic esters (lactones) is 1. The van der Waals surface area contributed by atoms with Crippen LogP contribution in [0.25, 0.3) is 6.08 Å². The zero-order valence-electron chi connectivity index (χ0n) is 13.7. The lowest BCUT2D eigenvalue weighted by molar-refractivity contribution is -0.152. The fourth-order valence-electron chi connectivity index (χ4n) is 2.30. The number of furan rings is 1. The number of rotatable bonds is 3. The van der Waals surface area contributed by atoms with Gasteiger partial charge in [-0.05, 0) is 37.6 Å². The summed E-state index contributed by atoms with van der Waals surface area (Å²) >= 11 is 0. The summed E-state index contributed by atoms with van der Waals surface area (Å²) in [5.74, 6) is 0.180. The predicted octanol–water partition coefficient (Wildman–Crippen LogP) is 3.38. The normalized spacial score (nSPS) is 18.5. The van der Waals surface area contributed by atoms with Gasteiger partial charge in [0.15, 0.2) is 0 Å². The number of carbonyl (C=O) groups is 1. The number of allylic oxidation sites excluding steroid dienone is 1. The fraction of sp³-hybridized carbons (Fsp3) is 0.412. The molecule has 1 aromatic heterocycles. The van der Waals surface area contributed by atoms with E-state index >= 15 is 0 Å². The van der Waals surface area contributed by atoms with Crippen LogP contribution >= 0.6 is 0 Å². The van der Waals surface area contributed by atoms with Crippen LogP contribution in [0.1, 0.15) is 26.0 Å². The molecule has 116 valence electrons. The first-order valence-corrected chi connectivity index (χ1v) is 10.8. The topological polar surface area (TPSA) is 63.2 Å². The van der Waals surface area contributed by atoms with Crippen molar-refractivity contribution in [2.24, 2.45) is 0 Å². The lowest BCUT2D eigenvalue weighted by Gasteiger charge is -2.30. The predicted molar refractivity (Wildman–Crippen MR) is 88.1 cm³/mol. The maximum Gasteiger partial charge on any atom is 0.349 e. The summed E-state index contributed by atoms with van der Waals surface area (Å²) in [6.07, 6.45) is 4.11. The number of ether oxygens (including phenoxy) is 1. The second kappa shape index (κ2) is 5.62.